The van der Waals surface area contributed by atoms with E-state index in [0.717, 1.165) is 12.8 Å². The molecule has 0 spiro atoms. The number of hydrogen-bond donors (Lipinski definition) is 3. The van der Waals surface area contributed by atoms with Crippen LogP contribution in [0.3, 0.4) is 0 Å². The molecule has 1 amide bonds. The molecule has 31 heavy (non-hydrogen) atoms. The molecule has 0 unspecified atom stereocenters. The number of nitrogens with zero attached hydrogens (tertiary/aromatic N) is 1. The third-order valence-corrected chi connectivity index (χ3v) is 6.23. The van der Waals surface area contributed by atoms with Gasteiger partial charge in [0.2, 0.25) is 5.91 Å². The van der Waals surface area contributed by atoms with Crippen molar-refractivity contribution in [2.24, 2.45) is 0 Å². The number of benzene rings is 1. The molecule has 1 aromatic carbocycles. The molecular formula is C22H32N4O4S. The molecule has 9 heteroatoms. The number of amides is 1. The summed E-state index contributed by atoms with van der Waals surface area (Å²) in [5, 5.41) is 7.21. The van der Waals surface area contributed by atoms with Gasteiger partial charge in [0.15, 0.2) is 11.5 Å². The van der Waals surface area contributed by atoms with Crippen molar-refractivity contribution in [3.8, 4) is 11.5 Å². The molecule has 170 valence electrons. The SMILES string of the molecule is COc1cc2nc(CSCC(=O)NC3CC(C)(C)NC(C)(C)C3)[nH]c(=O)c2cc1OC. The van der Waals surface area contributed by atoms with Crippen LogP contribution in [0.5, 0.6) is 11.5 Å². The minimum atomic E-state index is -0.245. The quantitative estimate of drug-likeness (QED) is 0.598. The first-order valence-electron chi connectivity index (χ1n) is 10.3. The highest BCUT2D eigenvalue weighted by Gasteiger charge is 2.38. The fourth-order valence-corrected chi connectivity index (χ4v) is 5.22. The van der Waals surface area contributed by atoms with Crippen LogP contribution in [0, 0.1) is 0 Å². The number of carbonyl (C=O) groups excluding carboxylic acids is 1. The third kappa shape index (κ3) is 5.92. The minimum absolute atomic E-state index is 0.00181. The van der Waals surface area contributed by atoms with Crippen LogP contribution in [0.15, 0.2) is 16.9 Å². The number of ether oxygens (including phenoxy) is 2. The molecule has 0 radical (unpaired) electrons. The van der Waals surface area contributed by atoms with E-state index in [9.17, 15) is 9.59 Å². The molecule has 1 aliphatic rings. The summed E-state index contributed by atoms with van der Waals surface area (Å²) in [6.45, 7) is 8.64. The van der Waals surface area contributed by atoms with Crippen LogP contribution in [0.4, 0.5) is 0 Å². The van der Waals surface area contributed by atoms with Gasteiger partial charge in [-0.25, -0.2) is 4.98 Å². The lowest BCUT2D eigenvalue weighted by Crippen LogP contribution is -2.62. The van der Waals surface area contributed by atoms with E-state index in [1.165, 1.54) is 26.0 Å². The molecule has 0 atom stereocenters. The van der Waals surface area contributed by atoms with E-state index in [1.807, 2.05) is 0 Å². The van der Waals surface area contributed by atoms with Gasteiger partial charge >= 0.3 is 0 Å². The Balaban J connectivity index is 1.61. The molecule has 2 aromatic rings. The molecule has 2 heterocycles. The maximum Gasteiger partial charge on any atom is 0.258 e. The van der Waals surface area contributed by atoms with Gasteiger partial charge < -0.3 is 25.1 Å². The Morgan fingerprint density at radius 1 is 1.16 bits per heavy atom. The average Bonchev–Trinajstić information content (AvgIpc) is 2.64. The van der Waals surface area contributed by atoms with E-state index in [-0.39, 0.29) is 28.6 Å². The summed E-state index contributed by atoms with van der Waals surface area (Å²) in [6.07, 6.45) is 1.77. The van der Waals surface area contributed by atoms with Crippen LogP contribution in [0.2, 0.25) is 0 Å². The predicted molar refractivity (Wildman–Crippen MR) is 124 cm³/mol. The molecule has 3 rings (SSSR count). The average molecular weight is 449 g/mol. The lowest BCUT2D eigenvalue weighted by molar-refractivity contribution is -0.119. The lowest BCUT2D eigenvalue weighted by atomic mass is 9.79. The van der Waals surface area contributed by atoms with Gasteiger partial charge in [-0.2, -0.15) is 0 Å². The second-order valence-electron chi connectivity index (χ2n) is 9.30. The van der Waals surface area contributed by atoms with Gasteiger partial charge in [0.1, 0.15) is 5.82 Å². The van der Waals surface area contributed by atoms with Crippen molar-refractivity contribution in [1.29, 1.82) is 0 Å². The zero-order valence-electron chi connectivity index (χ0n) is 19.0. The first-order valence-corrected chi connectivity index (χ1v) is 11.5. The smallest absolute Gasteiger partial charge is 0.258 e. The number of fused-ring (bicyclic) bond motifs is 1. The Bertz CT molecular complexity index is 1000. The number of thioether (sulfide) groups is 1. The normalized spacial score (nSPS) is 18.0. The van der Waals surface area contributed by atoms with Crippen LogP contribution >= 0.6 is 11.8 Å². The van der Waals surface area contributed by atoms with E-state index < -0.39 is 0 Å². The molecule has 0 aliphatic carbocycles. The van der Waals surface area contributed by atoms with Crippen molar-refractivity contribution in [1.82, 2.24) is 20.6 Å². The molecule has 3 N–H and O–H groups in total. The van der Waals surface area contributed by atoms with Gasteiger partial charge in [0, 0.05) is 23.2 Å². The molecule has 1 saturated heterocycles. The maximum absolute atomic E-state index is 12.5. The van der Waals surface area contributed by atoms with E-state index in [4.69, 9.17) is 9.47 Å². The van der Waals surface area contributed by atoms with Gasteiger partial charge in [0.25, 0.3) is 5.56 Å². The summed E-state index contributed by atoms with van der Waals surface area (Å²) in [4.78, 5) is 32.3. The zero-order valence-corrected chi connectivity index (χ0v) is 19.9. The summed E-state index contributed by atoms with van der Waals surface area (Å²) in [5.41, 5.74) is 0.238. The highest BCUT2D eigenvalue weighted by Crippen LogP contribution is 2.30. The Morgan fingerprint density at radius 2 is 1.77 bits per heavy atom. The number of H-pyrrole nitrogens is 1. The number of aromatic amines is 1. The van der Waals surface area contributed by atoms with E-state index in [2.05, 4.69) is 48.3 Å². The largest absolute Gasteiger partial charge is 0.493 e. The number of hydrogen-bond acceptors (Lipinski definition) is 7. The third-order valence-electron chi connectivity index (χ3n) is 5.29. The van der Waals surface area contributed by atoms with Crippen LogP contribution < -0.4 is 25.7 Å². The van der Waals surface area contributed by atoms with Crippen LogP contribution in [0.25, 0.3) is 10.9 Å². The highest BCUT2D eigenvalue weighted by molar-refractivity contribution is 7.99. The Labute approximate surface area is 186 Å². The molecular weight excluding hydrogens is 416 g/mol. The highest BCUT2D eigenvalue weighted by atomic mass is 32.2. The van der Waals surface area contributed by atoms with Crippen LogP contribution in [-0.2, 0) is 10.5 Å². The summed E-state index contributed by atoms with van der Waals surface area (Å²) in [7, 11) is 3.06. The fraction of sp³-hybridized carbons (Fsp3) is 0.591. The summed E-state index contributed by atoms with van der Waals surface area (Å²) in [6, 6.07) is 3.44. The molecule has 1 aliphatic heterocycles. The topological polar surface area (TPSA) is 105 Å². The number of methoxy groups -OCH3 is 2. The van der Waals surface area contributed by atoms with Gasteiger partial charge in [-0.05, 0) is 46.6 Å². The molecule has 0 bridgehead atoms. The second-order valence-corrected chi connectivity index (χ2v) is 10.3. The molecule has 1 fully saturated rings. The van der Waals surface area contributed by atoms with Gasteiger partial charge in [-0.1, -0.05) is 0 Å². The van der Waals surface area contributed by atoms with Crippen molar-refractivity contribution >= 4 is 28.6 Å². The van der Waals surface area contributed by atoms with E-state index >= 15 is 0 Å². The predicted octanol–water partition coefficient (Wildman–Crippen LogP) is 2.60. The van der Waals surface area contributed by atoms with Gasteiger partial charge in [-0.15, -0.1) is 11.8 Å². The monoisotopic (exact) mass is 448 g/mol. The first-order chi connectivity index (χ1) is 14.5. The van der Waals surface area contributed by atoms with Crippen molar-refractivity contribution in [2.75, 3.05) is 20.0 Å². The van der Waals surface area contributed by atoms with Gasteiger partial charge in [0.05, 0.1) is 36.6 Å². The van der Waals surface area contributed by atoms with Crippen LogP contribution in [0.1, 0.15) is 46.4 Å². The zero-order chi connectivity index (χ0) is 22.8. The number of nitrogens with one attached hydrogen (secondary N) is 3. The van der Waals surface area contributed by atoms with Crippen molar-refractivity contribution in [3.63, 3.8) is 0 Å². The number of carbonyl (C=O) groups is 1. The van der Waals surface area contributed by atoms with Gasteiger partial charge in [-0.3, -0.25) is 9.59 Å². The second kappa shape index (κ2) is 9.08. The van der Waals surface area contributed by atoms with Crippen molar-refractivity contribution in [3.05, 3.63) is 28.3 Å². The number of aromatic nitrogens is 2. The Morgan fingerprint density at radius 3 is 2.39 bits per heavy atom. The van der Waals surface area contributed by atoms with Crippen molar-refractivity contribution in [2.45, 2.75) is 63.4 Å². The number of rotatable bonds is 7. The molecule has 1 aromatic heterocycles. The van der Waals surface area contributed by atoms with E-state index in [1.54, 1.807) is 12.1 Å². The Hall–Kier alpha value is -2.26. The standard InChI is InChI=1S/C22H32N4O4S/c1-21(2)9-13(10-22(3,4)26-21)23-19(27)12-31-11-18-24-15-8-17(30-6)16(29-5)7-14(15)20(28)25-18/h7-8,13,26H,9-12H2,1-6H3,(H,23,27)(H,24,25,28). The maximum atomic E-state index is 12.5. The van der Waals surface area contributed by atoms with E-state index in [0.29, 0.717) is 39.7 Å². The van der Waals surface area contributed by atoms with Crippen LogP contribution in [-0.4, -0.2) is 53.0 Å². The molecule has 8 nitrogen and oxygen atoms in total. The minimum Gasteiger partial charge on any atom is -0.493 e. The summed E-state index contributed by atoms with van der Waals surface area (Å²) >= 11 is 1.42. The lowest BCUT2D eigenvalue weighted by Gasteiger charge is -2.46. The first kappa shape index (κ1) is 23.4. The molecule has 0 saturated carbocycles. The van der Waals surface area contributed by atoms with Crippen molar-refractivity contribution < 1.29 is 14.3 Å². The Kier molecular flexibility index (Phi) is 6.85. The number of piperidine rings is 1. The fourth-order valence-electron chi connectivity index (χ4n) is 4.52. The summed E-state index contributed by atoms with van der Waals surface area (Å²) in [5.74, 6) is 2.24. The summed E-state index contributed by atoms with van der Waals surface area (Å²) < 4.78 is 10.5.